The smallest absolute Gasteiger partial charge is 0.325 e. The average Bonchev–Trinajstić information content (AvgIpc) is 2.53. The molecule has 2 unspecified atom stereocenters. The number of nitrogens with zero attached hydrogens (tertiary/aromatic N) is 1. The molecule has 1 N–H and O–H groups in total. The molecular formula is C13H22N2O3. The van der Waals surface area contributed by atoms with Gasteiger partial charge in [0.1, 0.15) is 5.54 Å². The molecule has 0 aromatic carbocycles. The first kappa shape index (κ1) is 13.3. The van der Waals surface area contributed by atoms with Crippen LogP contribution in [0.2, 0.25) is 0 Å². The first-order valence-electron chi connectivity index (χ1n) is 6.72. The number of hydrogen-bond donors (Lipinski definition) is 1. The summed E-state index contributed by atoms with van der Waals surface area (Å²) in [6.45, 7) is 3.37. The van der Waals surface area contributed by atoms with Crippen LogP contribution >= 0.6 is 0 Å². The third-order valence-electron chi connectivity index (χ3n) is 4.11. The van der Waals surface area contributed by atoms with Crippen molar-refractivity contribution < 1.29 is 14.3 Å². The molecule has 2 atom stereocenters. The summed E-state index contributed by atoms with van der Waals surface area (Å²) in [5, 5.41) is 2.48. The fourth-order valence-electron chi connectivity index (χ4n) is 3.26. The number of rotatable bonds is 4. The highest BCUT2D eigenvalue weighted by Gasteiger charge is 2.53. The lowest BCUT2D eigenvalue weighted by Gasteiger charge is -2.40. The first-order valence-corrected chi connectivity index (χ1v) is 6.72. The maximum Gasteiger partial charge on any atom is 0.325 e. The van der Waals surface area contributed by atoms with Gasteiger partial charge in [0.05, 0.1) is 0 Å². The van der Waals surface area contributed by atoms with Crippen LogP contribution in [0, 0.1) is 5.92 Å². The molecular weight excluding hydrogens is 232 g/mol. The Morgan fingerprint density at radius 1 is 1.50 bits per heavy atom. The minimum Gasteiger partial charge on any atom is -0.385 e. The summed E-state index contributed by atoms with van der Waals surface area (Å²) in [7, 11) is 1.65. The monoisotopic (exact) mass is 254 g/mol. The molecule has 0 radical (unpaired) electrons. The Morgan fingerprint density at radius 2 is 2.28 bits per heavy atom. The van der Waals surface area contributed by atoms with Crippen LogP contribution in [0.4, 0.5) is 4.79 Å². The summed E-state index contributed by atoms with van der Waals surface area (Å²) in [6, 6.07) is -0.231. The minimum atomic E-state index is -0.581. The summed E-state index contributed by atoms with van der Waals surface area (Å²) in [5.41, 5.74) is -0.581. The molecule has 2 rings (SSSR count). The summed E-state index contributed by atoms with van der Waals surface area (Å²) in [5.74, 6) is 0.400. The van der Waals surface area contributed by atoms with Crippen LogP contribution in [0.3, 0.4) is 0 Å². The van der Waals surface area contributed by atoms with Crippen LogP contribution < -0.4 is 5.32 Å². The van der Waals surface area contributed by atoms with Gasteiger partial charge in [0.2, 0.25) is 0 Å². The molecule has 1 heterocycles. The number of carbonyl (C=O) groups is 2. The van der Waals surface area contributed by atoms with Gasteiger partial charge in [-0.25, -0.2) is 4.79 Å². The highest BCUT2D eigenvalue weighted by molar-refractivity contribution is 6.07. The Kier molecular flexibility index (Phi) is 3.90. The normalized spacial score (nSPS) is 32.1. The maximum absolute atomic E-state index is 12.1. The van der Waals surface area contributed by atoms with E-state index in [1.165, 1.54) is 0 Å². The van der Waals surface area contributed by atoms with Gasteiger partial charge in [0, 0.05) is 20.3 Å². The number of methoxy groups -OCH3 is 1. The van der Waals surface area contributed by atoms with Crippen molar-refractivity contribution in [1.82, 2.24) is 10.2 Å². The second kappa shape index (κ2) is 5.26. The van der Waals surface area contributed by atoms with Gasteiger partial charge in [-0.3, -0.25) is 10.1 Å². The van der Waals surface area contributed by atoms with Crippen molar-refractivity contribution in [1.29, 1.82) is 0 Å². The summed E-state index contributed by atoms with van der Waals surface area (Å²) < 4.78 is 5.02. The van der Waals surface area contributed by atoms with Crippen LogP contribution in [0.25, 0.3) is 0 Å². The van der Waals surface area contributed by atoms with E-state index in [9.17, 15) is 9.59 Å². The third-order valence-corrected chi connectivity index (χ3v) is 4.11. The fourth-order valence-corrected chi connectivity index (χ4v) is 3.26. The molecule has 2 fully saturated rings. The fraction of sp³-hybridized carbons (Fsp3) is 0.846. The van der Waals surface area contributed by atoms with Crippen molar-refractivity contribution in [3.05, 3.63) is 0 Å². The summed E-state index contributed by atoms with van der Waals surface area (Å²) in [4.78, 5) is 25.8. The zero-order valence-corrected chi connectivity index (χ0v) is 11.2. The van der Waals surface area contributed by atoms with Gasteiger partial charge in [-0.1, -0.05) is 19.8 Å². The van der Waals surface area contributed by atoms with Gasteiger partial charge in [0.15, 0.2) is 0 Å². The van der Waals surface area contributed by atoms with Crippen LogP contribution in [0.1, 0.15) is 39.0 Å². The number of hydrogen-bond acceptors (Lipinski definition) is 3. The van der Waals surface area contributed by atoms with E-state index in [2.05, 4.69) is 12.2 Å². The number of amides is 3. The van der Waals surface area contributed by atoms with Crippen LogP contribution in [-0.2, 0) is 9.53 Å². The number of nitrogens with one attached hydrogen (secondary N) is 1. The molecule has 0 aromatic rings. The molecule has 0 bridgehead atoms. The summed E-state index contributed by atoms with van der Waals surface area (Å²) in [6.07, 6.45) is 4.52. The molecule has 2 aliphatic rings. The van der Waals surface area contributed by atoms with Gasteiger partial charge in [0.25, 0.3) is 5.91 Å². The van der Waals surface area contributed by atoms with Gasteiger partial charge >= 0.3 is 6.03 Å². The molecule has 3 amide bonds. The van der Waals surface area contributed by atoms with Gasteiger partial charge in [-0.05, 0) is 25.2 Å². The zero-order chi connectivity index (χ0) is 13.2. The minimum absolute atomic E-state index is 0.100. The maximum atomic E-state index is 12.1. The average molecular weight is 254 g/mol. The Hall–Kier alpha value is -1.10. The van der Waals surface area contributed by atoms with Crippen molar-refractivity contribution in [3.63, 3.8) is 0 Å². The standard InChI is InChI=1S/C13H22N2O3/c1-10-5-3-6-13(9-10)11(16)14-12(17)15(13)7-4-8-18-2/h10H,3-9H2,1-2H3,(H,14,16,17). The first-order chi connectivity index (χ1) is 8.60. The van der Waals surface area contributed by atoms with Crippen molar-refractivity contribution in [2.45, 2.75) is 44.6 Å². The highest BCUT2D eigenvalue weighted by atomic mass is 16.5. The molecule has 1 spiro atoms. The predicted molar refractivity (Wildman–Crippen MR) is 67.1 cm³/mol. The lowest BCUT2D eigenvalue weighted by atomic mass is 9.75. The molecule has 102 valence electrons. The van der Waals surface area contributed by atoms with Gasteiger partial charge in [-0.15, -0.1) is 0 Å². The van der Waals surface area contributed by atoms with E-state index in [1.54, 1.807) is 12.0 Å². The Bertz CT molecular complexity index is 345. The van der Waals surface area contributed by atoms with E-state index in [1.807, 2.05) is 0 Å². The molecule has 1 aliphatic carbocycles. The van der Waals surface area contributed by atoms with Crippen molar-refractivity contribution in [3.8, 4) is 0 Å². The Morgan fingerprint density at radius 3 is 2.94 bits per heavy atom. The van der Waals surface area contributed by atoms with E-state index in [0.717, 1.165) is 32.1 Å². The van der Waals surface area contributed by atoms with E-state index >= 15 is 0 Å². The third kappa shape index (κ3) is 2.23. The lowest BCUT2D eigenvalue weighted by molar-refractivity contribution is -0.129. The van der Waals surface area contributed by atoms with E-state index in [4.69, 9.17) is 4.74 Å². The zero-order valence-electron chi connectivity index (χ0n) is 11.2. The van der Waals surface area contributed by atoms with Crippen LogP contribution in [-0.4, -0.2) is 42.6 Å². The molecule has 1 saturated heterocycles. The molecule has 0 aromatic heterocycles. The molecule has 18 heavy (non-hydrogen) atoms. The SMILES string of the molecule is COCCCN1C(=O)NC(=O)C12CCCC(C)C2. The quantitative estimate of drug-likeness (QED) is 0.611. The van der Waals surface area contributed by atoms with Crippen LogP contribution in [0.15, 0.2) is 0 Å². The number of urea groups is 1. The van der Waals surface area contributed by atoms with Crippen molar-refractivity contribution in [2.75, 3.05) is 20.3 Å². The summed E-state index contributed by atoms with van der Waals surface area (Å²) >= 11 is 0. The van der Waals surface area contributed by atoms with Crippen molar-refractivity contribution in [2.24, 2.45) is 5.92 Å². The predicted octanol–water partition coefficient (Wildman–Crippen LogP) is 1.52. The lowest BCUT2D eigenvalue weighted by Crippen LogP contribution is -2.52. The van der Waals surface area contributed by atoms with Crippen molar-refractivity contribution >= 4 is 11.9 Å². The van der Waals surface area contributed by atoms with E-state index in [0.29, 0.717) is 19.1 Å². The van der Waals surface area contributed by atoms with E-state index < -0.39 is 5.54 Å². The Labute approximate surface area is 108 Å². The second-order valence-corrected chi connectivity index (χ2v) is 5.49. The molecule has 5 nitrogen and oxygen atoms in total. The number of carbonyl (C=O) groups excluding carboxylic acids is 2. The molecule has 1 aliphatic heterocycles. The number of ether oxygens (including phenoxy) is 1. The largest absolute Gasteiger partial charge is 0.385 e. The molecule has 5 heteroatoms. The van der Waals surface area contributed by atoms with Gasteiger partial charge in [-0.2, -0.15) is 0 Å². The van der Waals surface area contributed by atoms with E-state index in [-0.39, 0.29) is 11.9 Å². The highest BCUT2D eigenvalue weighted by Crippen LogP contribution is 2.39. The van der Waals surface area contributed by atoms with Gasteiger partial charge < -0.3 is 9.64 Å². The number of imide groups is 1. The topological polar surface area (TPSA) is 58.6 Å². The van der Waals surface area contributed by atoms with Crippen LogP contribution in [0.5, 0.6) is 0 Å². The second-order valence-electron chi connectivity index (χ2n) is 5.49. The molecule has 1 saturated carbocycles. The Balaban J connectivity index is 2.13.